The normalized spacial score (nSPS) is 11.4. The highest BCUT2D eigenvalue weighted by Crippen LogP contribution is 2.41. The van der Waals surface area contributed by atoms with Crippen molar-refractivity contribution in [3.05, 3.63) is 121 Å². The van der Waals surface area contributed by atoms with E-state index in [0.717, 1.165) is 33.5 Å². The van der Waals surface area contributed by atoms with Crippen molar-refractivity contribution < 1.29 is 0 Å². The molecule has 2 nitrogen and oxygen atoms in total. The van der Waals surface area contributed by atoms with Crippen molar-refractivity contribution in [2.24, 2.45) is 0 Å². The van der Waals surface area contributed by atoms with Crippen molar-refractivity contribution in [3.63, 3.8) is 0 Å². The molecule has 0 saturated heterocycles. The summed E-state index contributed by atoms with van der Waals surface area (Å²) in [6, 6.07) is 42.5. The van der Waals surface area contributed by atoms with Crippen LogP contribution >= 0.6 is 11.3 Å². The molecule has 0 bridgehead atoms. The summed E-state index contributed by atoms with van der Waals surface area (Å²) < 4.78 is 2.62. The number of nitrogens with zero attached hydrogens (tertiary/aromatic N) is 2. The zero-order chi connectivity index (χ0) is 23.2. The molecule has 0 atom stereocenters. The third kappa shape index (κ3) is 3.40. The highest BCUT2D eigenvalue weighted by atomic mass is 32.1. The lowest BCUT2D eigenvalue weighted by Gasteiger charge is -2.12. The molecule has 35 heavy (non-hydrogen) atoms. The van der Waals surface area contributed by atoms with E-state index >= 15 is 0 Å². The lowest BCUT2D eigenvalue weighted by molar-refractivity contribution is 1.23. The Morgan fingerprint density at radius 3 is 2.03 bits per heavy atom. The molecule has 0 radical (unpaired) electrons. The van der Waals surface area contributed by atoms with E-state index in [1.807, 2.05) is 35.6 Å². The van der Waals surface area contributed by atoms with Gasteiger partial charge in [0, 0.05) is 36.7 Å². The van der Waals surface area contributed by atoms with Gasteiger partial charge in [0.15, 0.2) is 5.82 Å². The molecular formula is C32H20N2S. The van der Waals surface area contributed by atoms with Crippen molar-refractivity contribution >= 4 is 42.4 Å². The van der Waals surface area contributed by atoms with Crippen molar-refractivity contribution in [1.82, 2.24) is 9.97 Å². The second-order valence-electron chi connectivity index (χ2n) is 8.64. The predicted molar refractivity (Wildman–Crippen MR) is 149 cm³/mol. The summed E-state index contributed by atoms with van der Waals surface area (Å²) in [6.45, 7) is 0. The molecule has 5 aromatic carbocycles. The zero-order valence-corrected chi connectivity index (χ0v) is 19.7. The van der Waals surface area contributed by atoms with Crippen LogP contribution in [0.25, 0.3) is 64.8 Å². The summed E-state index contributed by atoms with van der Waals surface area (Å²) in [5.74, 6) is 0.744. The molecule has 2 heterocycles. The second kappa shape index (κ2) is 8.15. The van der Waals surface area contributed by atoms with Gasteiger partial charge in [0.2, 0.25) is 0 Å². The van der Waals surface area contributed by atoms with Gasteiger partial charge in [0.1, 0.15) is 0 Å². The first-order chi connectivity index (χ1) is 17.3. The fraction of sp³-hybridized carbons (Fsp3) is 0. The van der Waals surface area contributed by atoms with Crippen LogP contribution in [-0.4, -0.2) is 9.97 Å². The number of aromatic nitrogens is 2. The molecular weight excluding hydrogens is 444 g/mol. The van der Waals surface area contributed by atoms with E-state index < -0.39 is 0 Å². The first-order valence-corrected chi connectivity index (χ1v) is 12.5. The summed E-state index contributed by atoms with van der Waals surface area (Å²) in [7, 11) is 0. The molecule has 0 unspecified atom stereocenters. The third-order valence-electron chi connectivity index (χ3n) is 6.49. The van der Waals surface area contributed by atoms with Crippen LogP contribution in [-0.2, 0) is 0 Å². The maximum atomic E-state index is 5.04. The zero-order valence-electron chi connectivity index (χ0n) is 18.8. The van der Waals surface area contributed by atoms with E-state index in [-0.39, 0.29) is 0 Å². The molecule has 2 aromatic heterocycles. The van der Waals surface area contributed by atoms with Gasteiger partial charge in [0.25, 0.3) is 0 Å². The van der Waals surface area contributed by atoms with Gasteiger partial charge in [-0.1, -0.05) is 97.1 Å². The Kier molecular flexibility index (Phi) is 4.68. The van der Waals surface area contributed by atoms with E-state index in [0.29, 0.717) is 0 Å². The number of rotatable bonds is 3. The monoisotopic (exact) mass is 464 g/mol. The van der Waals surface area contributed by atoms with Crippen LogP contribution in [0.2, 0.25) is 0 Å². The Bertz CT molecular complexity index is 1840. The molecule has 0 aliphatic carbocycles. The Labute approximate surface area is 207 Å². The van der Waals surface area contributed by atoms with E-state index in [1.54, 1.807) is 0 Å². The van der Waals surface area contributed by atoms with Crippen molar-refractivity contribution in [3.8, 4) is 33.8 Å². The van der Waals surface area contributed by atoms with Crippen LogP contribution < -0.4 is 0 Å². The highest BCUT2D eigenvalue weighted by molar-refractivity contribution is 7.25. The van der Waals surface area contributed by atoms with Crippen LogP contribution in [0.15, 0.2) is 121 Å². The Hall–Kier alpha value is -4.34. The topological polar surface area (TPSA) is 25.8 Å². The minimum absolute atomic E-state index is 0.744. The molecule has 3 heteroatoms. The number of hydrogen-bond donors (Lipinski definition) is 0. The standard InChI is InChI=1S/C32H20N2S/c1-3-10-21(11-4-1)31-25-19-18-23(20-27(25)33-32(34-31)22-12-5-2-6-13-22)24-15-9-17-29-30(24)26-14-7-8-16-28(26)35-29/h1-20H. The van der Waals surface area contributed by atoms with Gasteiger partial charge in [-0.15, -0.1) is 11.3 Å². The van der Waals surface area contributed by atoms with Gasteiger partial charge in [-0.05, 0) is 35.4 Å². The Morgan fingerprint density at radius 2 is 1.20 bits per heavy atom. The molecule has 0 saturated carbocycles. The average Bonchev–Trinajstić information content (AvgIpc) is 3.32. The first kappa shape index (κ1) is 20.1. The quantitative estimate of drug-likeness (QED) is 0.261. The van der Waals surface area contributed by atoms with Gasteiger partial charge in [-0.25, -0.2) is 9.97 Å². The summed E-state index contributed by atoms with van der Waals surface area (Å²) in [6.07, 6.45) is 0. The first-order valence-electron chi connectivity index (χ1n) is 11.7. The minimum Gasteiger partial charge on any atom is -0.228 e. The van der Waals surface area contributed by atoms with Crippen molar-refractivity contribution in [2.45, 2.75) is 0 Å². The third-order valence-corrected chi connectivity index (χ3v) is 7.63. The summed E-state index contributed by atoms with van der Waals surface area (Å²) in [5, 5.41) is 3.68. The van der Waals surface area contributed by atoms with Gasteiger partial charge in [-0.3, -0.25) is 0 Å². The number of hydrogen-bond acceptors (Lipinski definition) is 3. The molecule has 164 valence electrons. The summed E-state index contributed by atoms with van der Waals surface area (Å²) in [5.41, 5.74) is 6.43. The molecule has 0 aliphatic heterocycles. The average molecular weight is 465 g/mol. The fourth-order valence-corrected chi connectivity index (χ4v) is 5.98. The van der Waals surface area contributed by atoms with Gasteiger partial charge < -0.3 is 0 Å². The maximum Gasteiger partial charge on any atom is 0.160 e. The van der Waals surface area contributed by atoms with Crippen LogP contribution in [0.3, 0.4) is 0 Å². The highest BCUT2D eigenvalue weighted by Gasteiger charge is 2.15. The molecule has 0 spiro atoms. The SMILES string of the molecule is c1ccc(-c2nc(-c3ccccc3)c3ccc(-c4cccc5sc6ccccc6c45)cc3n2)cc1. The Balaban J connectivity index is 1.51. The molecule has 0 N–H and O–H groups in total. The summed E-state index contributed by atoms with van der Waals surface area (Å²) in [4.78, 5) is 10.1. The van der Waals surface area contributed by atoms with Gasteiger partial charge >= 0.3 is 0 Å². The van der Waals surface area contributed by atoms with E-state index in [9.17, 15) is 0 Å². The molecule has 0 amide bonds. The largest absolute Gasteiger partial charge is 0.228 e. The van der Waals surface area contributed by atoms with E-state index in [4.69, 9.17) is 9.97 Å². The lowest BCUT2D eigenvalue weighted by atomic mass is 9.97. The van der Waals surface area contributed by atoms with Crippen LogP contribution in [0.4, 0.5) is 0 Å². The van der Waals surface area contributed by atoms with Crippen LogP contribution in [0.1, 0.15) is 0 Å². The molecule has 0 fully saturated rings. The number of fused-ring (bicyclic) bond motifs is 4. The Morgan fingerprint density at radius 1 is 0.486 bits per heavy atom. The molecule has 0 aliphatic rings. The van der Waals surface area contributed by atoms with E-state index in [1.165, 1.54) is 31.3 Å². The second-order valence-corrected chi connectivity index (χ2v) is 9.72. The molecule has 7 aromatic rings. The fourth-order valence-electron chi connectivity index (χ4n) is 4.84. The smallest absolute Gasteiger partial charge is 0.160 e. The predicted octanol–water partition coefficient (Wildman–Crippen LogP) is 9.00. The van der Waals surface area contributed by atoms with Crippen molar-refractivity contribution in [2.75, 3.05) is 0 Å². The van der Waals surface area contributed by atoms with Crippen LogP contribution in [0, 0.1) is 0 Å². The van der Waals surface area contributed by atoms with Crippen molar-refractivity contribution in [1.29, 1.82) is 0 Å². The van der Waals surface area contributed by atoms with Crippen LogP contribution in [0.5, 0.6) is 0 Å². The maximum absolute atomic E-state index is 5.04. The van der Waals surface area contributed by atoms with Gasteiger partial charge in [0.05, 0.1) is 11.2 Å². The molecule has 7 rings (SSSR count). The summed E-state index contributed by atoms with van der Waals surface area (Å²) >= 11 is 1.85. The number of thiophene rings is 1. The van der Waals surface area contributed by atoms with E-state index in [2.05, 4.69) is 97.1 Å². The lowest BCUT2D eigenvalue weighted by Crippen LogP contribution is -1.95. The minimum atomic E-state index is 0.744. The number of benzene rings is 5. The van der Waals surface area contributed by atoms with Gasteiger partial charge in [-0.2, -0.15) is 0 Å².